The van der Waals surface area contributed by atoms with Gasteiger partial charge in [-0.1, -0.05) is 22.0 Å². The Morgan fingerprint density at radius 1 is 1.50 bits per heavy atom. The summed E-state index contributed by atoms with van der Waals surface area (Å²) in [5.41, 5.74) is 0. The summed E-state index contributed by atoms with van der Waals surface area (Å²) in [5.74, 6) is 0.0394. The van der Waals surface area contributed by atoms with Crippen LogP contribution in [0.15, 0.2) is 12.7 Å². The molecule has 60 valence electrons. The SMILES string of the molecule is C=CCC(CBr)CC(F)F. The quantitative estimate of drug-likeness (QED) is 0.485. The van der Waals surface area contributed by atoms with Crippen LogP contribution in [0.4, 0.5) is 8.78 Å². The first-order valence-corrected chi connectivity index (χ1v) is 4.27. The van der Waals surface area contributed by atoms with Crippen LogP contribution in [0.5, 0.6) is 0 Å². The van der Waals surface area contributed by atoms with E-state index in [-0.39, 0.29) is 12.3 Å². The van der Waals surface area contributed by atoms with Gasteiger partial charge in [0, 0.05) is 11.8 Å². The molecule has 0 N–H and O–H groups in total. The first-order valence-electron chi connectivity index (χ1n) is 3.15. The second-order valence-electron chi connectivity index (χ2n) is 2.17. The van der Waals surface area contributed by atoms with Crippen molar-refractivity contribution in [3.63, 3.8) is 0 Å². The third kappa shape index (κ3) is 4.91. The first-order chi connectivity index (χ1) is 4.70. The molecule has 0 saturated carbocycles. The number of rotatable bonds is 5. The van der Waals surface area contributed by atoms with E-state index in [1.165, 1.54) is 0 Å². The van der Waals surface area contributed by atoms with Crippen molar-refractivity contribution < 1.29 is 8.78 Å². The zero-order valence-corrected chi connectivity index (χ0v) is 7.28. The lowest BCUT2D eigenvalue weighted by molar-refractivity contribution is 0.119. The highest BCUT2D eigenvalue weighted by Crippen LogP contribution is 2.16. The van der Waals surface area contributed by atoms with Crippen LogP contribution in [0.25, 0.3) is 0 Å². The maximum absolute atomic E-state index is 11.7. The van der Waals surface area contributed by atoms with Crippen molar-refractivity contribution in [1.82, 2.24) is 0 Å². The second kappa shape index (κ2) is 5.83. The van der Waals surface area contributed by atoms with Crippen molar-refractivity contribution in [2.75, 3.05) is 5.33 Å². The summed E-state index contributed by atoms with van der Waals surface area (Å²) in [6.07, 6.45) is 0.115. The molecule has 0 radical (unpaired) electrons. The number of allylic oxidation sites excluding steroid dienone is 1. The Labute approximate surface area is 68.4 Å². The average molecular weight is 213 g/mol. The van der Waals surface area contributed by atoms with Gasteiger partial charge in [-0.25, -0.2) is 8.78 Å². The standard InChI is InChI=1S/C7H11BrF2/c1-2-3-6(5-8)4-7(9)10/h2,6-7H,1,3-5H2. The summed E-state index contributed by atoms with van der Waals surface area (Å²) in [4.78, 5) is 0. The highest BCUT2D eigenvalue weighted by atomic mass is 79.9. The molecule has 0 saturated heterocycles. The van der Waals surface area contributed by atoms with Crippen LogP contribution in [-0.2, 0) is 0 Å². The molecule has 0 aliphatic carbocycles. The topological polar surface area (TPSA) is 0 Å². The highest BCUT2D eigenvalue weighted by molar-refractivity contribution is 9.09. The summed E-state index contributed by atoms with van der Waals surface area (Å²) in [5, 5.41) is 0.628. The summed E-state index contributed by atoms with van der Waals surface area (Å²) in [6, 6.07) is 0. The zero-order chi connectivity index (χ0) is 7.98. The molecule has 1 atom stereocenters. The third-order valence-corrected chi connectivity index (χ3v) is 2.15. The van der Waals surface area contributed by atoms with Crippen LogP contribution < -0.4 is 0 Å². The van der Waals surface area contributed by atoms with Gasteiger partial charge in [0.05, 0.1) is 0 Å². The molecule has 3 heteroatoms. The third-order valence-electron chi connectivity index (χ3n) is 1.23. The van der Waals surface area contributed by atoms with Crippen molar-refractivity contribution in [3.05, 3.63) is 12.7 Å². The van der Waals surface area contributed by atoms with Crippen LogP contribution in [0.3, 0.4) is 0 Å². The molecule has 0 heterocycles. The number of alkyl halides is 3. The minimum atomic E-state index is -2.19. The highest BCUT2D eigenvalue weighted by Gasteiger charge is 2.11. The second-order valence-corrected chi connectivity index (χ2v) is 2.82. The number of hydrogen-bond acceptors (Lipinski definition) is 0. The van der Waals surface area contributed by atoms with Crippen molar-refractivity contribution in [1.29, 1.82) is 0 Å². The molecule has 0 bridgehead atoms. The Bertz CT molecular complexity index is 93.6. The summed E-state index contributed by atoms with van der Waals surface area (Å²) in [6.45, 7) is 3.49. The Balaban J connectivity index is 3.48. The Morgan fingerprint density at radius 3 is 2.40 bits per heavy atom. The molecule has 0 spiro atoms. The number of halogens is 3. The molecule has 0 rings (SSSR count). The fourth-order valence-electron chi connectivity index (χ4n) is 0.710. The van der Waals surface area contributed by atoms with E-state index in [0.29, 0.717) is 11.8 Å². The van der Waals surface area contributed by atoms with Crippen LogP contribution in [-0.4, -0.2) is 11.8 Å². The smallest absolute Gasteiger partial charge is 0.211 e. The van der Waals surface area contributed by atoms with Crippen LogP contribution >= 0.6 is 15.9 Å². The van der Waals surface area contributed by atoms with Crippen molar-refractivity contribution in [2.45, 2.75) is 19.3 Å². The molecule has 10 heavy (non-hydrogen) atoms. The Morgan fingerprint density at radius 2 is 2.10 bits per heavy atom. The molecular weight excluding hydrogens is 202 g/mol. The monoisotopic (exact) mass is 212 g/mol. The minimum Gasteiger partial charge on any atom is -0.211 e. The van der Waals surface area contributed by atoms with E-state index in [1.54, 1.807) is 6.08 Å². The number of hydrogen-bond donors (Lipinski definition) is 0. The predicted octanol–water partition coefficient (Wildman–Crippen LogP) is 3.23. The summed E-state index contributed by atoms with van der Waals surface area (Å²) >= 11 is 3.16. The molecule has 0 aromatic heterocycles. The molecule has 0 nitrogen and oxygen atoms in total. The van der Waals surface area contributed by atoms with Gasteiger partial charge in [0.2, 0.25) is 6.43 Å². The Kier molecular flexibility index (Phi) is 5.88. The van der Waals surface area contributed by atoms with Gasteiger partial charge in [-0.3, -0.25) is 0 Å². The molecular formula is C7H11BrF2. The molecule has 0 aromatic carbocycles. The van der Waals surface area contributed by atoms with E-state index < -0.39 is 6.43 Å². The molecule has 0 fully saturated rings. The van der Waals surface area contributed by atoms with Gasteiger partial charge >= 0.3 is 0 Å². The minimum absolute atomic E-state index is 0.0305. The van der Waals surface area contributed by atoms with E-state index in [2.05, 4.69) is 22.5 Å². The largest absolute Gasteiger partial charge is 0.238 e. The lowest BCUT2D eigenvalue weighted by Crippen LogP contribution is -2.06. The Hall–Kier alpha value is 0.0800. The molecule has 0 aromatic rings. The fraction of sp³-hybridized carbons (Fsp3) is 0.714. The van der Waals surface area contributed by atoms with E-state index in [0.717, 1.165) is 0 Å². The van der Waals surface area contributed by atoms with Gasteiger partial charge < -0.3 is 0 Å². The summed E-state index contributed by atoms with van der Waals surface area (Å²) in [7, 11) is 0. The lowest BCUT2D eigenvalue weighted by atomic mass is 10.1. The van der Waals surface area contributed by atoms with E-state index in [9.17, 15) is 8.78 Å². The maximum Gasteiger partial charge on any atom is 0.238 e. The average Bonchev–Trinajstić information content (AvgIpc) is 1.86. The normalized spacial score (nSPS) is 13.6. The fourth-order valence-corrected chi connectivity index (χ4v) is 1.24. The lowest BCUT2D eigenvalue weighted by Gasteiger charge is -2.09. The van der Waals surface area contributed by atoms with Crippen LogP contribution in [0.2, 0.25) is 0 Å². The van der Waals surface area contributed by atoms with Gasteiger partial charge in [0.25, 0.3) is 0 Å². The van der Waals surface area contributed by atoms with E-state index in [1.807, 2.05) is 0 Å². The molecule has 0 aliphatic heterocycles. The first kappa shape index (κ1) is 10.1. The van der Waals surface area contributed by atoms with Crippen LogP contribution in [0.1, 0.15) is 12.8 Å². The van der Waals surface area contributed by atoms with Crippen molar-refractivity contribution in [3.8, 4) is 0 Å². The van der Waals surface area contributed by atoms with Gasteiger partial charge in [0.15, 0.2) is 0 Å². The molecule has 1 unspecified atom stereocenters. The van der Waals surface area contributed by atoms with Gasteiger partial charge in [-0.15, -0.1) is 6.58 Å². The van der Waals surface area contributed by atoms with E-state index >= 15 is 0 Å². The van der Waals surface area contributed by atoms with Gasteiger partial charge in [-0.05, 0) is 12.3 Å². The predicted molar refractivity (Wildman–Crippen MR) is 42.7 cm³/mol. The van der Waals surface area contributed by atoms with E-state index in [4.69, 9.17) is 0 Å². The van der Waals surface area contributed by atoms with Gasteiger partial charge in [0.1, 0.15) is 0 Å². The summed E-state index contributed by atoms with van der Waals surface area (Å²) < 4.78 is 23.5. The van der Waals surface area contributed by atoms with Crippen LogP contribution in [0, 0.1) is 5.92 Å². The zero-order valence-electron chi connectivity index (χ0n) is 5.69. The van der Waals surface area contributed by atoms with Crippen molar-refractivity contribution >= 4 is 15.9 Å². The molecule has 0 aliphatic rings. The van der Waals surface area contributed by atoms with Crippen molar-refractivity contribution in [2.24, 2.45) is 5.92 Å². The van der Waals surface area contributed by atoms with Gasteiger partial charge in [-0.2, -0.15) is 0 Å². The molecule has 0 amide bonds. The maximum atomic E-state index is 11.7.